The lowest BCUT2D eigenvalue weighted by Crippen LogP contribution is -2.40. The fourth-order valence-electron chi connectivity index (χ4n) is 6.67. The molecule has 3 heterocycles. The second kappa shape index (κ2) is 15.8. The van der Waals surface area contributed by atoms with E-state index in [0.717, 1.165) is 33.5 Å². The molecule has 0 aliphatic heterocycles. The van der Waals surface area contributed by atoms with Gasteiger partial charge in [0.1, 0.15) is 29.5 Å². The van der Waals surface area contributed by atoms with E-state index in [-0.39, 0.29) is 23.9 Å². The van der Waals surface area contributed by atoms with Gasteiger partial charge in [0, 0.05) is 53.8 Å². The van der Waals surface area contributed by atoms with Crippen LogP contribution in [0.25, 0.3) is 21.5 Å². The van der Waals surface area contributed by atoms with Gasteiger partial charge in [0.2, 0.25) is 0 Å². The van der Waals surface area contributed by atoms with E-state index in [2.05, 4.69) is 51.0 Å². The monoisotopic (exact) mass is 699 g/mol. The summed E-state index contributed by atoms with van der Waals surface area (Å²) in [5, 5.41) is 28.9. The number of thiophene rings is 1. The van der Waals surface area contributed by atoms with E-state index < -0.39 is 17.8 Å². The van der Waals surface area contributed by atoms with E-state index in [9.17, 15) is 19.4 Å². The second-order valence-corrected chi connectivity index (χ2v) is 15.0. The lowest BCUT2D eigenvalue weighted by Gasteiger charge is -2.27. The number of hydrogen-bond donors (Lipinski definition) is 3. The molecule has 0 saturated heterocycles. The van der Waals surface area contributed by atoms with Crippen molar-refractivity contribution in [3.8, 4) is 10.4 Å². The predicted molar refractivity (Wildman–Crippen MR) is 195 cm³/mol. The highest BCUT2D eigenvalue weighted by Gasteiger charge is 2.42. The highest BCUT2D eigenvalue weighted by atomic mass is 32.1. The number of carbonyl (C=O) groups excluding carboxylic acids is 1. The molecule has 5 aromatic rings. The summed E-state index contributed by atoms with van der Waals surface area (Å²) < 4.78 is 21.0. The fraction of sp³-hybridized carbons (Fsp3) is 0.410. The summed E-state index contributed by atoms with van der Waals surface area (Å²) in [5.41, 5.74) is 4.57. The largest absolute Gasteiger partial charge is 0.444 e. The Hall–Kier alpha value is -4.16. The molecule has 1 aliphatic carbocycles. The van der Waals surface area contributed by atoms with E-state index in [1.165, 1.54) is 29.6 Å². The average molecular weight is 700 g/mol. The molecule has 264 valence electrons. The van der Waals surface area contributed by atoms with E-state index >= 15 is 0 Å². The SMILES string of the molecule is CC(C)(C)OC(=O)N(CCCNC[C@H]1C[C@@H](n2cc(-c3cc(Cc4ccccc4)cs3)c3cncnc32)[C@H](O)[C@@H]1O)CCc1ccc(F)cc1. The third-order valence-corrected chi connectivity index (χ3v) is 10.2. The van der Waals surface area contributed by atoms with Crippen LogP contribution in [0.15, 0.2) is 84.8 Å². The van der Waals surface area contributed by atoms with Gasteiger partial charge in [-0.05, 0) is 93.3 Å². The number of carbonyl (C=O) groups is 1. The zero-order valence-corrected chi connectivity index (χ0v) is 29.7. The van der Waals surface area contributed by atoms with Crippen LogP contribution in [0, 0.1) is 11.7 Å². The Morgan fingerprint density at radius 3 is 2.60 bits per heavy atom. The van der Waals surface area contributed by atoms with Crippen molar-refractivity contribution in [2.45, 2.75) is 70.3 Å². The maximum atomic E-state index is 13.4. The number of aliphatic hydroxyl groups is 2. The number of aliphatic hydroxyl groups excluding tert-OH is 2. The summed E-state index contributed by atoms with van der Waals surface area (Å²) in [4.78, 5) is 24.7. The van der Waals surface area contributed by atoms with E-state index in [1.54, 1.807) is 28.4 Å². The van der Waals surface area contributed by atoms with Crippen LogP contribution >= 0.6 is 11.3 Å². The third-order valence-electron chi connectivity index (χ3n) is 9.22. The number of amides is 1. The Bertz CT molecular complexity index is 1860. The molecule has 11 heteroatoms. The summed E-state index contributed by atoms with van der Waals surface area (Å²) in [7, 11) is 0. The normalized spacial score (nSPS) is 19.2. The summed E-state index contributed by atoms with van der Waals surface area (Å²) in [6, 6.07) is 18.6. The van der Waals surface area contributed by atoms with Crippen LogP contribution in [0.3, 0.4) is 0 Å². The molecular formula is C39H46FN5O4S. The van der Waals surface area contributed by atoms with Crippen molar-refractivity contribution in [3.05, 3.63) is 107 Å². The van der Waals surface area contributed by atoms with Gasteiger partial charge in [0.25, 0.3) is 0 Å². The first kappa shape index (κ1) is 35.7. The highest BCUT2D eigenvalue weighted by molar-refractivity contribution is 7.13. The lowest BCUT2D eigenvalue weighted by molar-refractivity contribution is 0.00687. The molecule has 0 radical (unpaired) electrons. The van der Waals surface area contributed by atoms with Crippen LogP contribution in [0.2, 0.25) is 0 Å². The first-order valence-corrected chi connectivity index (χ1v) is 18.1. The van der Waals surface area contributed by atoms with Gasteiger partial charge in [-0.2, -0.15) is 0 Å². The topological polar surface area (TPSA) is 113 Å². The number of aromatic nitrogens is 3. The minimum atomic E-state index is -0.952. The smallest absolute Gasteiger partial charge is 0.410 e. The lowest BCUT2D eigenvalue weighted by atomic mass is 10.1. The van der Waals surface area contributed by atoms with Gasteiger partial charge in [0.15, 0.2) is 0 Å². The number of nitrogens with one attached hydrogen (secondary N) is 1. The Labute approximate surface area is 296 Å². The van der Waals surface area contributed by atoms with E-state index in [0.29, 0.717) is 45.4 Å². The quantitative estimate of drug-likeness (QED) is 0.118. The van der Waals surface area contributed by atoms with Crippen molar-refractivity contribution < 1.29 is 24.1 Å². The Morgan fingerprint density at radius 2 is 1.84 bits per heavy atom. The molecule has 1 fully saturated rings. The van der Waals surface area contributed by atoms with Gasteiger partial charge >= 0.3 is 6.09 Å². The number of nitrogens with zero attached hydrogens (tertiary/aromatic N) is 4. The number of ether oxygens (including phenoxy) is 1. The molecule has 1 saturated carbocycles. The molecule has 0 unspecified atom stereocenters. The Kier molecular flexibility index (Phi) is 11.3. The zero-order chi connectivity index (χ0) is 35.3. The molecule has 4 atom stereocenters. The molecule has 1 aliphatic rings. The van der Waals surface area contributed by atoms with Crippen LogP contribution in [0.1, 0.15) is 56.3 Å². The van der Waals surface area contributed by atoms with Gasteiger partial charge in [-0.3, -0.25) is 0 Å². The van der Waals surface area contributed by atoms with Gasteiger partial charge in [-0.25, -0.2) is 19.2 Å². The van der Waals surface area contributed by atoms with Crippen molar-refractivity contribution in [2.75, 3.05) is 26.2 Å². The molecular weight excluding hydrogens is 654 g/mol. The standard InChI is InChI=1S/C39H46FN5O4S/c1-39(2,3)49-38(48)44(17-14-26-10-12-30(40)13-11-26)16-7-15-41-21-29-20-33(36(47)35(29)46)45-23-32(31-22-42-25-43-37(31)45)34-19-28(24-50-34)18-27-8-5-4-6-9-27/h4-6,8-13,19,22-25,29,33,35-36,41,46-47H,7,14-18,20-21H2,1-3H3/t29-,33-,35-,36+/m1/s1. The van der Waals surface area contributed by atoms with Crippen LogP contribution in [0.5, 0.6) is 0 Å². The van der Waals surface area contributed by atoms with Gasteiger partial charge in [-0.1, -0.05) is 42.5 Å². The minimum Gasteiger partial charge on any atom is -0.444 e. The fourth-order valence-corrected chi connectivity index (χ4v) is 7.61. The maximum absolute atomic E-state index is 13.4. The molecule has 3 N–H and O–H groups in total. The van der Waals surface area contributed by atoms with Crippen LogP contribution in [-0.4, -0.2) is 79.7 Å². The number of hydrogen-bond acceptors (Lipinski definition) is 8. The molecule has 6 rings (SSSR count). The summed E-state index contributed by atoms with van der Waals surface area (Å²) in [5.74, 6) is -0.459. The average Bonchev–Trinajstić information content (AvgIpc) is 3.79. The Balaban J connectivity index is 1.06. The highest BCUT2D eigenvalue weighted by Crippen LogP contribution is 2.41. The van der Waals surface area contributed by atoms with Crippen molar-refractivity contribution in [2.24, 2.45) is 5.92 Å². The van der Waals surface area contributed by atoms with Crippen molar-refractivity contribution in [3.63, 3.8) is 0 Å². The minimum absolute atomic E-state index is 0.169. The third kappa shape index (κ3) is 8.76. The Morgan fingerprint density at radius 1 is 1.06 bits per heavy atom. The number of fused-ring (bicyclic) bond motifs is 1. The zero-order valence-electron chi connectivity index (χ0n) is 28.8. The second-order valence-electron chi connectivity index (χ2n) is 14.1. The van der Waals surface area contributed by atoms with Crippen LogP contribution in [-0.2, 0) is 17.6 Å². The molecule has 2 aromatic carbocycles. The molecule has 0 bridgehead atoms. The van der Waals surface area contributed by atoms with Crippen molar-refractivity contribution in [1.82, 2.24) is 24.8 Å². The first-order chi connectivity index (χ1) is 24.1. The molecule has 1 amide bonds. The van der Waals surface area contributed by atoms with Gasteiger partial charge in [0.05, 0.1) is 12.1 Å². The summed E-state index contributed by atoms with van der Waals surface area (Å²) >= 11 is 1.68. The van der Waals surface area contributed by atoms with Crippen molar-refractivity contribution >= 4 is 28.5 Å². The number of rotatable bonds is 13. The van der Waals surface area contributed by atoms with Gasteiger partial charge < -0.3 is 29.7 Å². The summed E-state index contributed by atoms with van der Waals surface area (Å²) in [6.45, 7) is 7.60. The predicted octanol–water partition coefficient (Wildman–Crippen LogP) is 6.63. The maximum Gasteiger partial charge on any atom is 0.410 e. The molecule has 3 aromatic heterocycles. The summed E-state index contributed by atoms with van der Waals surface area (Å²) in [6.07, 6.45) is 5.85. The number of benzene rings is 2. The van der Waals surface area contributed by atoms with E-state index in [4.69, 9.17) is 4.74 Å². The molecule has 50 heavy (non-hydrogen) atoms. The molecule has 0 spiro atoms. The van der Waals surface area contributed by atoms with Gasteiger partial charge in [-0.15, -0.1) is 11.3 Å². The van der Waals surface area contributed by atoms with E-state index in [1.807, 2.05) is 43.8 Å². The van der Waals surface area contributed by atoms with Crippen LogP contribution in [0.4, 0.5) is 9.18 Å². The molecule has 9 nitrogen and oxygen atoms in total. The first-order valence-electron chi connectivity index (χ1n) is 17.3. The number of halogens is 1. The van der Waals surface area contributed by atoms with Crippen molar-refractivity contribution in [1.29, 1.82) is 0 Å². The van der Waals surface area contributed by atoms with Crippen LogP contribution < -0.4 is 5.32 Å².